The normalized spacial score (nSPS) is 16.1. The fourth-order valence-corrected chi connectivity index (χ4v) is 7.52. The zero-order valence-electron chi connectivity index (χ0n) is 37.6. The minimum absolute atomic E-state index is 0.00623. The fourth-order valence-electron chi connectivity index (χ4n) is 5.92. The van der Waals surface area contributed by atoms with Gasteiger partial charge < -0.3 is 29.6 Å². The number of thiazole rings is 1. The Kier molecular flexibility index (Phi) is 16.0. The van der Waals surface area contributed by atoms with E-state index in [0.717, 1.165) is 22.5 Å². The van der Waals surface area contributed by atoms with Gasteiger partial charge in [0.1, 0.15) is 35.8 Å². The standard InChI is InChI=1S/C44H52N8O12S2/c1-42(2,3)62-39(55)44(7,8)64-51-37(32-26-65-40(48-32)49-41(56)63-43(4,5)6)34(53)19-29-33(52(38(29)54)66(57,58)59)22-46-21-31(50-45)30-20-35(60-24-27-15-11-9-12-16-27)36(23-47-30)61-25-28-17-13-10-14-18-28/h9-18,20-21,23,26,29,33H,19,22,24-25,45H2,1-8H3,(H,48,49,56)(H,57,58,59)/b46-21?,50-31?,51-37-/t29-,33+/m0/s1. The smallest absolute Gasteiger partial charge is 0.413 e. The molecule has 352 valence electrons. The number of aliphatic imine (C=N–C) groups is 1. The number of carbonyl (C=O) groups excluding carboxylic acids is 4. The van der Waals surface area contributed by atoms with Crippen LogP contribution in [0.2, 0.25) is 0 Å². The van der Waals surface area contributed by atoms with Crippen LogP contribution in [-0.2, 0) is 52.2 Å². The first-order valence-corrected chi connectivity index (χ1v) is 22.6. The number of oxime groups is 1. The predicted octanol–water partition coefficient (Wildman–Crippen LogP) is 5.91. The summed E-state index contributed by atoms with van der Waals surface area (Å²) in [5.41, 5.74) is -2.07. The number of pyridine rings is 1. The van der Waals surface area contributed by atoms with E-state index < -0.39 is 81.5 Å². The number of carbonyl (C=O) groups is 4. The Bertz CT molecular complexity index is 2590. The molecule has 1 fully saturated rings. The third kappa shape index (κ3) is 14.1. The van der Waals surface area contributed by atoms with Crippen molar-refractivity contribution in [3.8, 4) is 11.5 Å². The third-order valence-corrected chi connectivity index (χ3v) is 10.7. The quantitative estimate of drug-likeness (QED) is 0.0246. The number of hydrazone groups is 1. The van der Waals surface area contributed by atoms with Gasteiger partial charge in [0.25, 0.3) is 0 Å². The first-order valence-electron chi connectivity index (χ1n) is 20.3. The number of nitrogens with zero attached hydrogens (tertiary/aromatic N) is 6. The van der Waals surface area contributed by atoms with Gasteiger partial charge in [-0.05, 0) is 66.5 Å². The molecule has 22 heteroatoms. The minimum atomic E-state index is -5.12. The number of ketones is 1. The van der Waals surface area contributed by atoms with Gasteiger partial charge in [-0.3, -0.25) is 29.4 Å². The molecule has 2 amide bonds. The van der Waals surface area contributed by atoms with Crippen molar-refractivity contribution in [1.82, 2.24) is 14.3 Å². The van der Waals surface area contributed by atoms with Crippen molar-refractivity contribution in [3.05, 3.63) is 101 Å². The summed E-state index contributed by atoms with van der Waals surface area (Å²) >= 11 is 0.908. The number of hydrogen-bond acceptors (Lipinski definition) is 18. The molecule has 0 aliphatic carbocycles. The summed E-state index contributed by atoms with van der Waals surface area (Å²) in [4.78, 5) is 71.5. The van der Waals surface area contributed by atoms with E-state index in [1.807, 2.05) is 60.7 Å². The molecule has 1 aliphatic heterocycles. The van der Waals surface area contributed by atoms with Crippen molar-refractivity contribution in [2.24, 2.45) is 27.0 Å². The molecular weight excluding hydrogens is 897 g/mol. The predicted molar refractivity (Wildman–Crippen MR) is 245 cm³/mol. The molecule has 1 saturated heterocycles. The summed E-state index contributed by atoms with van der Waals surface area (Å²) in [5, 5.41) is 11.6. The number of nitrogens with two attached hydrogens (primary N) is 1. The maximum Gasteiger partial charge on any atom is 0.413 e. The number of nitrogens with one attached hydrogen (secondary N) is 1. The molecule has 3 heterocycles. The summed E-state index contributed by atoms with van der Waals surface area (Å²) in [7, 11) is -5.12. The van der Waals surface area contributed by atoms with Gasteiger partial charge in [-0.1, -0.05) is 65.8 Å². The van der Waals surface area contributed by atoms with Crippen molar-refractivity contribution >= 4 is 68.2 Å². The van der Waals surface area contributed by atoms with Gasteiger partial charge in [-0.25, -0.2) is 18.9 Å². The van der Waals surface area contributed by atoms with Gasteiger partial charge >= 0.3 is 22.4 Å². The Hall–Kier alpha value is -6.78. The zero-order chi connectivity index (χ0) is 48.5. The summed E-state index contributed by atoms with van der Waals surface area (Å²) in [6, 6.07) is 19.0. The molecule has 5 rings (SSSR count). The molecule has 2 aromatic heterocycles. The van der Waals surface area contributed by atoms with E-state index in [2.05, 4.69) is 30.5 Å². The molecule has 0 saturated carbocycles. The van der Waals surface area contributed by atoms with Crippen LogP contribution >= 0.6 is 11.3 Å². The highest BCUT2D eigenvalue weighted by Crippen LogP contribution is 2.34. The Morgan fingerprint density at radius 2 is 1.48 bits per heavy atom. The van der Waals surface area contributed by atoms with Crippen molar-refractivity contribution < 1.29 is 55.9 Å². The van der Waals surface area contributed by atoms with E-state index in [1.165, 1.54) is 31.6 Å². The van der Waals surface area contributed by atoms with Crippen molar-refractivity contribution in [1.29, 1.82) is 0 Å². The van der Waals surface area contributed by atoms with Gasteiger partial charge in [-0.2, -0.15) is 13.5 Å². The number of β-lactam (4-membered cyclic amide) rings is 1. The van der Waals surface area contributed by atoms with Crippen LogP contribution in [0.3, 0.4) is 0 Å². The largest absolute Gasteiger partial charge is 0.485 e. The van der Waals surface area contributed by atoms with Gasteiger partial charge in [0.05, 0.1) is 36.6 Å². The molecule has 0 spiro atoms. The number of benzene rings is 2. The Morgan fingerprint density at radius 3 is 2.05 bits per heavy atom. The monoisotopic (exact) mass is 948 g/mol. The number of amides is 2. The fraction of sp³-hybridized carbons (Fsp3) is 0.386. The number of rotatable bonds is 19. The highest BCUT2D eigenvalue weighted by molar-refractivity contribution is 7.84. The summed E-state index contributed by atoms with van der Waals surface area (Å²) < 4.78 is 58.0. The van der Waals surface area contributed by atoms with E-state index in [1.54, 1.807) is 47.6 Å². The SMILES string of the molecule is CC(C)(C)OC(=O)Nc1nc(/C(=N/OC(C)(C)C(=O)OC(C)(C)C)C(=O)C[C@@H]2C(=O)N(S(=O)(=O)O)[C@@H]2CN=CC(=NN)c2cc(OCc3ccccc3)c(OCc3ccccc3)cn2)cs1. The second-order valence-corrected chi connectivity index (χ2v) is 19.3. The van der Waals surface area contributed by atoms with Gasteiger partial charge in [0.2, 0.25) is 11.5 Å². The van der Waals surface area contributed by atoms with E-state index in [-0.39, 0.29) is 39.8 Å². The van der Waals surface area contributed by atoms with Crippen LogP contribution in [0, 0.1) is 5.92 Å². The van der Waals surface area contributed by atoms with Crippen molar-refractivity contribution in [2.45, 2.75) is 97.9 Å². The first-order chi connectivity index (χ1) is 30.9. The Morgan fingerprint density at radius 1 is 0.894 bits per heavy atom. The lowest BCUT2D eigenvalue weighted by Crippen LogP contribution is -2.64. The number of hydrogen-bond donors (Lipinski definition) is 3. The minimum Gasteiger partial charge on any atom is -0.485 e. The van der Waals surface area contributed by atoms with E-state index >= 15 is 0 Å². The summed E-state index contributed by atoms with van der Waals surface area (Å²) in [6.45, 7) is 12.6. The number of ether oxygens (including phenoxy) is 4. The topological polar surface area (TPSA) is 273 Å². The number of aromatic nitrogens is 2. The molecular formula is C44H52N8O12S2. The van der Waals surface area contributed by atoms with Crippen LogP contribution in [0.5, 0.6) is 11.5 Å². The van der Waals surface area contributed by atoms with Gasteiger partial charge in [0.15, 0.2) is 28.1 Å². The Labute approximate surface area is 386 Å². The Balaban J connectivity index is 1.39. The molecule has 2 atom stereocenters. The van der Waals surface area contributed by atoms with Crippen LogP contribution in [0.15, 0.2) is 93.6 Å². The molecule has 1 aliphatic rings. The van der Waals surface area contributed by atoms with E-state index in [0.29, 0.717) is 11.5 Å². The zero-order valence-corrected chi connectivity index (χ0v) is 39.2. The first kappa shape index (κ1) is 50.2. The van der Waals surface area contributed by atoms with Crippen LogP contribution in [0.25, 0.3) is 0 Å². The number of Topliss-reactive ketones (excluding diaryl/α,β-unsaturated/α-hetero) is 1. The van der Waals surface area contributed by atoms with E-state index in [4.69, 9.17) is 29.6 Å². The third-order valence-electron chi connectivity index (χ3n) is 9.04. The number of esters is 1. The van der Waals surface area contributed by atoms with Gasteiger partial charge in [0, 0.05) is 17.9 Å². The average Bonchev–Trinajstić information content (AvgIpc) is 3.68. The van der Waals surface area contributed by atoms with Gasteiger partial charge in [-0.15, -0.1) is 11.3 Å². The van der Waals surface area contributed by atoms with Crippen LogP contribution < -0.4 is 20.6 Å². The summed E-state index contributed by atoms with van der Waals surface area (Å²) in [5.74, 6) is 2.24. The number of anilines is 1. The molecule has 66 heavy (non-hydrogen) atoms. The van der Waals surface area contributed by atoms with Crippen LogP contribution in [0.1, 0.15) is 84.3 Å². The molecule has 4 aromatic rings. The van der Waals surface area contributed by atoms with E-state index in [9.17, 15) is 32.1 Å². The lowest BCUT2D eigenvalue weighted by Gasteiger charge is -2.43. The second-order valence-electron chi connectivity index (χ2n) is 17.2. The highest BCUT2D eigenvalue weighted by atomic mass is 32.2. The lowest BCUT2D eigenvalue weighted by atomic mass is 9.84. The summed E-state index contributed by atoms with van der Waals surface area (Å²) in [6.07, 6.45) is 1.11. The van der Waals surface area contributed by atoms with Crippen molar-refractivity contribution in [3.63, 3.8) is 0 Å². The lowest BCUT2D eigenvalue weighted by molar-refractivity contribution is -0.179. The molecule has 0 bridgehead atoms. The molecule has 4 N–H and O–H groups in total. The molecule has 2 aromatic carbocycles. The average molecular weight is 949 g/mol. The highest BCUT2D eigenvalue weighted by Gasteiger charge is 2.54. The van der Waals surface area contributed by atoms with Crippen LogP contribution in [-0.4, -0.2) is 98.0 Å². The maximum absolute atomic E-state index is 14.1. The maximum atomic E-state index is 14.1. The van der Waals surface area contributed by atoms with Crippen LogP contribution in [0.4, 0.5) is 9.93 Å². The van der Waals surface area contributed by atoms with Crippen molar-refractivity contribution in [2.75, 3.05) is 11.9 Å². The molecule has 0 radical (unpaired) electrons. The molecule has 0 unspecified atom stereocenters. The second kappa shape index (κ2) is 21.0. The molecule has 20 nitrogen and oxygen atoms in total.